The molecule has 0 bridgehead atoms. The number of carboxylic acid groups (broad SMARTS) is 1. The molecule has 0 unspecified atom stereocenters. The Bertz CT molecular complexity index is 942. The summed E-state index contributed by atoms with van der Waals surface area (Å²) in [7, 11) is 1.64. The van der Waals surface area contributed by atoms with Crippen LogP contribution in [-0.2, 0) is 11.2 Å². The van der Waals surface area contributed by atoms with E-state index < -0.39 is 11.6 Å². The van der Waals surface area contributed by atoms with Gasteiger partial charge in [-0.15, -0.1) is 0 Å². The van der Waals surface area contributed by atoms with Crippen LogP contribution in [0.5, 0.6) is 5.75 Å². The van der Waals surface area contributed by atoms with E-state index in [0.29, 0.717) is 13.1 Å². The van der Waals surface area contributed by atoms with Crippen LogP contribution in [0.15, 0.2) is 42.5 Å². The number of nitrogens with zero attached hydrogens (tertiary/aromatic N) is 2. The molecule has 1 aliphatic rings. The van der Waals surface area contributed by atoms with Crippen molar-refractivity contribution in [3.8, 4) is 16.9 Å². The predicted octanol–water partition coefficient (Wildman–Crippen LogP) is 4.16. The van der Waals surface area contributed by atoms with Crippen LogP contribution in [0, 0.1) is 0 Å². The number of piperazine rings is 1. The normalized spacial score (nSPS) is 14.8. The Balaban J connectivity index is 1.56. The molecule has 1 amide bonds. The van der Waals surface area contributed by atoms with Crippen molar-refractivity contribution in [3.05, 3.63) is 53.6 Å². The Kier molecular flexibility index (Phi) is 7.40. The molecule has 7 heteroatoms. The first-order valence-corrected chi connectivity index (χ1v) is 10.9. The first kappa shape index (κ1) is 23.6. The van der Waals surface area contributed by atoms with Crippen molar-refractivity contribution in [2.24, 2.45) is 0 Å². The fourth-order valence-corrected chi connectivity index (χ4v) is 3.69. The van der Waals surface area contributed by atoms with Gasteiger partial charge in [-0.1, -0.05) is 24.3 Å². The van der Waals surface area contributed by atoms with Crippen LogP contribution in [0.4, 0.5) is 4.79 Å². The summed E-state index contributed by atoms with van der Waals surface area (Å²) in [6.45, 7) is 9.53. The standard InChI is InChI=1S/C25H32N2O5/c1-25(2,3)32-24(30)27-15-13-26(14-16-27)12-11-18-5-10-21(22(17-18)31-4)19-6-8-20(9-7-19)23(28)29/h5-10,17H,11-16H2,1-4H3,(H,28,29). The molecule has 2 aromatic carbocycles. The Labute approximate surface area is 189 Å². The second-order valence-corrected chi connectivity index (χ2v) is 8.98. The number of aromatic carboxylic acids is 1. The number of carboxylic acids is 1. The van der Waals surface area contributed by atoms with E-state index in [9.17, 15) is 9.59 Å². The van der Waals surface area contributed by atoms with Crippen molar-refractivity contribution in [1.29, 1.82) is 0 Å². The highest BCUT2D eigenvalue weighted by Crippen LogP contribution is 2.31. The van der Waals surface area contributed by atoms with Gasteiger partial charge in [0.25, 0.3) is 0 Å². The van der Waals surface area contributed by atoms with Gasteiger partial charge in [0.2, 0.25) is 0 Å². The minimum atomic E-state index is -0.939. The lowest BCUT2D eigenvalue weighted by Crippen LogP contribution is -2.50. The van der Waals surface area contributed by atoms with Crippen LogP contribution in [0.3, 0.4) is 0 Å². The van der Waals surface area contributed by atoms with Crippen LogP contribution >= 0.6 is 0 Å². The summed E-state index contributed by atoms with van der Waals surface area (Å²) in [6, 6.07) is 12.9. The monoisotopic (exact) mass is 440 g/mol. The zero-order valence-corrected chi connectivity index (χ0v) is 19.3. The highest BCUT2D eigenvalue weighted by Gasteiger charge is 2.25. The minimum absolute atomic E-state index is 0.242. The van der Waals surface area contributed by atoms with E-state index in [4.69, 9.17) is 14.6 Å². The first-order chi connectivity index (χ1) is 15.2. The van der Waals surface area contributed by atoms with Gasteiger partial charge in [0.1, 0.15) is 11.4 Å². The lowest BCUT2D eigenvalue weighted by atomic mass is 10.00. The number of carbonyl (C=O) groups is 2. The molecule has 1 fully saturated rings. The molecule has 0 atom stereocenters. The van der Waals surface area contributed by atoms with Crippen LogP contribution in [0.1, 0.15) is 36.7 Å². The Hall–Kier alpha value is -3.06. The van der Waals surface area contributed by atoms with E-state index in [1.54, 1.807) is 36.3 Å². The molecule has 1 N–H and O–H groups in total. The summed E-state index contributed by atoms with van der Waals surface area (Å²) in [5, 5.41) is 9.08. The third kappa shape index (κ3) is 6.23. The summed E-state index contributed by atoms with van der Waals surface area (Å²) in [5.41, 5.74) is 2.80. The number of hydrogen-bond acceptors (Lipinski definition) is 5. The van der Waals surface area contributed by atoms with Gasteiger partial charge in [-0.25, -0.2) is 9.59 Å². The smallest absolute Gasteiger partial charge is 0.410 e. The van der Waals surface area contributed by atoms with Gasteiger partial charge < -0.3 is 19.5 Å². The van der Waals surface area contributed by atoms with Crippen LogP contribution in [-0.4, -0.2) is 72.4 Å². The number of benzene rings is 2. The fraction of sp³-hybridized carbons (Fsp3) is 0.440. The molecular formula is C25H32N2O5. The van der Waals surface area contributed by atoms with E-state index >= 15 is 0 Å². The number of methoxy groups -OCH3 is 1. The molecule has 1 saturated heterocycles. The average molecular weight is 441 g/mol. The molecule has 0 aliphatic carbocycles. The number of hydrogen-bond donors (Lipinski definition) is 1. The van der Waals surface area contributed by atoms with Crippen LogP contribution in [0.25, 0.3) is 11.1 Å². The van der Waals surface area contributed by atoms with E-state index in [1.807, 2.05) is 32.9 Å². The lowest BCUT2D eigenvalue weighted by Gasteiger charge is -2.35. The van der Waals surface area contributed by atoms with Gasteiger partial charge in [-0.3, -0.25) is 4.90 Å². The molecule has 0 radical (unpaired) electrons. The van der Waals surface area contributed by atoms with Crippen molar-refractivity contribution in [1.82, 2.24) is 9.80 Å². The summed E-state index contributed by atoms with van der Waals surface area (Å²) in [4.78, 5) is 27.4. The van der Waals surface area contributed by atoms with Crippen molar-refractivity contribution >= 4 is 12.1 Å². The van der Waals surface area contributed by atoms with Gasteiger partial charge in [0, 0.05) is 38.3 Å². The molecule has 0 aromatic heterocycles. The molecular weight excluding hydrogens is 408 g/mol. The molecule has 2 aromatic rings. The Morgan fingerprint density at radius 2 is 1.66 bits per heavy atom. The number of ether oxygens (including phenoxy) is 2. The Morgan fingerprint density at radius 3 is 2.22 bits per heavy atom. The van der Waals surface area contributed by atoms with Gasteiger partial charge in [0.05, 0.1) is 12.7 Å². The van der Waals surface area contributed by atoms with Crippen molar-refractivity contribution in [2.75, 3.05) is 39.8 Å². The second kappa shape index (κ2) is 10.0. The van der Waals surface area contributed by atoms with Crippen molar-refractivity contribution in [2.45, 2.75) is 32.8 Å². The van der Waals surface area contributed by atoms with E-state index in [-0.39, 0.29) is 11.7 Å². The van der Waals surface area contributed by atoms with Crippen LogP contribution < -0.4 is 4.74 Å². The third-order valence-electron chi connectivity index (χ3n) is 5.45. The SMILES string of the molecule is COc1cc(CCN2CCN(C(=O)OC(C)(C)C)CC2)ccc1-c1ccc(C(=O)O)cc1. The molecule has 0 saturated carbocycles. The lowest BCUT2D eigenvalue weighted by molar-refractivity contribution is 0.0146. The maximum atomic E-state index is 12.2. The molecule has 1 aliphatic heterocycles. The molecule has 172 valence electrons. The zero-order chi connectivity index (χ0) is 23.3. The summed E-state index contributed by atoms with van der Waals surface area (Å²) in [6.07, 6.45) is 0.634. The number of carbonyl (C=O) groups excluding carboxylic acids is 1. The van der Waals surface area contributed by atoms with Gasteiger partial charge in [0.15, 0.2) is 0 Å². The van der Waals surface area contributed by atoms with Crippen molar-refractivity contribution in [3.63, 3.8) is 0 Å². The molecule has 0 spiro atoms. The fourth-order valence-electron chi connectivity index (χ4n) is 3.69. The summed E-state index contributed by atoms with van der Waals surface area (Å²) < 4.78 is 11.1. The van der Waals surface area contributed by atoms with Crippen molar-refractivity contribution < 1.29 is 24.2 Å². The molecule has 1 heterocycles. The summed E-state index contributed by atoms with van der Waals surface area (Å²) in [5.74, 6) is -0.175. The third-order valence-corrected chi connectivity index (χ3v) is 5.45. The summed E-state index contributed by atoms with van der Waals surface area (Å²) >= 11 is 0. The Morgan fingerprint density at radius 1 is 1.00 bits per heavy atom. The minimum Gasteiger partial charge on any atom is -0.496 e. The largest absolute Gasteiger partial charge is 0.496 e. The van der Waals surface area contributed by atoms with Crippen LogP contribution in [0.2, 0.25) is 0 Å². The number of amides is 1. The van der Waals surface area contributed by atoms with E-state index in [2.05, 4.69) is 11.0 Å². The highest BCUT2D eigenvalue weighted by molar-refractivity contribution is 5.88. The van der Waals surface area contributed by atoms with E-state index in [1.165, 1.54) is 5.56 Å². The zero-order valence-electron chi connectivity index (χ0n) is 19.3. The highest BCUT2D eigenvalue weighted by atomic mass is 16.6. The molecule has 3 rings (SSSR count). The average Bonchev–Trinajstić information content (AvgIpc) is 2.76. The topological polar surface area (TPSA) is 79.3 Å². The molecule has 32 heavy (non-hydrogen) atoms. The second-order valence-electron chi connectivity index (χ2n) is 8.98. The molecule has 7 nitrogen and oxygen atoms in total. The predicted molar refractivity (Wildman–Crippen MR) is 123 cm³/mol. The van der Waals surface area contributed by atoms with E-state index in [0.717, 1.165) is 42.9 Å². The van der Waals surface area contributed by atoms with Gasteiger partial charge >= 0.3 is 12.1 Å². The quantitative estimate of drug-likeness (QED) is 0.727. The number of rotatable bonds is 6. The maximum absolute atomic E-state index is 12.2. The maximum Gasteiger partial charge on any atom is 0.410 e. The van der Waals surface area contributed by atoms with Gasteiger partial charge in [-0.2, -0.15) is 0 Å². The first-order valence-electron chi connectivity index (χ1n) is 10.9. The van der Waals surface area contributed by atoms with Gasteiger partial charge in [-0.05, 0) is 56.5 Å².